The molecule has 4 nitrogen and oxygen atoms in total. The third kappa shape index (κ3) is 2.07. The van der Waals surface area contributed by atoms with Gasteiger partial charge in [-0.05, 0) is 20.0 Å². The van der Waals surface area contributed by atoms with Crippen molar-refractivity contribution in [2.24, 2.45) is 0 Å². The van der Waals surface area contributed by atoms with Crippen LogP contribution in [0, 0.1) is 6.92 Å². The summed E-state index contributed by atoms with van der Waals surface area (Å²) in [6.07, 6.45) is 6.80. The molecule has 0 saturated heterocycles. The zero-order chi connectivity index (χ0) is 12.5. The molecule has 3 aromatic heterocycles. The molecule has 3 aromatic rings. The number of thiazole rings is 1. The Labute approximate surface area is 109 Å². The van der Waals surface area contributed by atoms with Gasteiger partial charge in [0.25, 0.3) is 0 Å². The monoisotopic (exact) mass is 261 g/mol. The molecular weight excluding hydrogens is 246 g/mol. The molecule has 0 spiro atoms. The molecular formula is C13H15N3OS. The molecule has 0 aliphatic carbocycles. The molecule has 1 atom stereocenters. The van der Waals surface area contributed by atoms with Gasteiger partial charge in [0.1, 0.15) is 5.76 Å². The van der Waals surface area contributed by atoms with E-state index in [0.29, 0.717) is 0 Å². The molecule has 5 heteroatoms. The summed E-state index contributed by atoms with van der Waals surface area (Å²) in [5.41, 5.74) is 2.27. The molecule has 0 aliphatic heterocycles. The molecule has 0 saturated carbocycles. The number of furan rings is 1. The summed E-state index contributed by atoms with van der Waals surface area (Å²) in [5, 5.41) is 5.35. The van der Waals surface area contributed by atoms with Gasteiger partial charge in [-0.15, -0.1) is 11.3 Å². The first-order valence-electron chi connectivity index (χ1n) is 5.89. The fourth-order valence-corrected chi connectivity index (χ4v) is 2.84. The maximum atomic E-state index is 5.37. The number of imidazole rings is 1. The average Bonchev–Trinajstić information content (AvgIpc) is 3.00. The van der Waals surface area contributed by atoms with Gasteiger partial charge in [0.2, 0.25) is 0 Å². The number of hydrogen-bond acceptors (Lipinski definition) is 4. The zero-order valence-electron chi connectivity index (χ0n) is 10.4. The van der Waals surface area contributed by atoms with Gasteiger partial charge in [-0.25, -0.2) is 4.98 Å². The lowest BCUT2D eigenvalue weighted by Gasteiger charge is -2.12. The van der Waals surface area contributed by atoms with Crippen LogP contribution in [0.2, 0.25) is 0 Å². The Morgan fingerprint density at radius 2 is 2.44 bits per heavy atom. The summed E-state index contributed by atoms with van der Waals surface area (Å²) < 4.78 is 7.43. The van der Waals surface area contributed by atoms with Crippen LogP contribution < -0.4 is 5.32 Å². The molecule has 94 valence electrons. The van der Waals surface area contributed by atoms with Gasteiger partial charge in [0.15, 0.2) is 4.96 Å². The zero-order valence-corrected chi connectivity index (χ0v) is 11.2. The van der Waals surface area contributed by atoms with Crippen molar-refractivity contribution in [3.63, 3.8) is 0 Å². The number of nitrogens with one attached hydrogen (secondary N) is 1. The van der Waals surface area contributed by atoms with E-state index in [1.165, 1.54) is 5.56 Å². The maximum Gasteiger partial charge on any atom is 0.193 e. The predicted octanol–water partition coefficient (Wildman–Crippen LogP) is 2.80. The Balaban J connectivity index is 1.83. The second-order valence-corrected chi connectivity index (χ2v) is 5.23. The molecule has 0 bridgehead atoms. The van der Waals surface area contributed by atoms with Crippen molar-refractivity contribution in [1.29, 1.82) is 0 Å². The SMILES string of the molecule is CNC(Cc1cn2ccsc2n1)c1coc(C)c1. The lowest BCUT2D eigenvalue weighted by molar-refractivity contribution is 0.519. The van der Waals surface area contributed by atoms with Gasteiger partial charge >= 0.3 is 0 Å². The van der Waals surface area contributed by atoms with Gasteiger partial charge < -0.3 is 9.73 Å². The third-order valence-corrected chi connectivity index (χ3v) is 3.83. The molecule has 0 aromatic carbocycles. The van der Waals surface area contributed by atoms with Gasteiger partial charge in [-0.2, -0.15) is 0 Å². The number of rotatable bonds is 4. The van der Waals surface area contributed by atoms with Crippen molar-refractivity contribution in [2.45, 2.75) is 19.4 Å². The first-order chi connectivity index (χ1) is 8.76. The van der Waals surface area contributed by atoms with Crippen LogP contribution in [0.1, 0.15) is 23.1 Å². The molecule has 0 radical (unpaired) electrons. The van der Waals surface area contributed by atoms with Crippen LogP contribution in [0.25, 0.3) is 4.96 Å². The Kier molecular flexibility index (Phi) is 2.93. The predicted molar refractivity (Wildman–Crippen MR) is 72.0 cm³/mol. The highest BCUT2D eigenvalue weighted by atomic mass is 32.1. The molecule has 0 fully saturated rings. The second-order valence-electron chi connectivity index (χ2n) is 4.36. The molecule has 3 rings (SSSR count). The smallest absolute Gasteiger partial charge is 0.193 e. The lowest BCUT2D eigenvalue weighted by atomic mass is 10.1. The van der Waals surface area contributed by atoms with Crippen molar-refractivity contribution in [1.82, 2.24) is 14.7 Å². The van der Waals surface area contributed by atoms with Crippen LogP contribution in [0.15, 0.2) is 34.5 Å². The minimum absolute atomic E-state index is 0.243. The van der Waals surface area contributed by atoms with Crippen molar-refractivity contribution < 1.29 is 4.42 Å². The van der Waals surface area contributed by atoms with Crippen LogP contribution in [-0.4, -0.2) is 16.4 Å². The molecule has 1 N–H and O–H groups in total. The number of aromatic nitrogens is 2. The lowest BCUT2D eigenvalue weighted by Crippen LogP contribution is -2.18. The van der Waals surface area contributed by atoms with Gasteiger partial charge in [0.05, 0.1) is 12.0 Å². The molecule has 0 amide bonds. The number of likely N-dealkylation sites (N-methyl/N-ethyl adjacent to an activating group) is 1. The largest absolute Gasteiger partial charge is 0.469 e. The van der Waals surface area contributed by atoms with E-state index in [2.05, 4.69) is 27.0 Å². The van der Waals surface area contributed by atoms with Gasteiger partial charge in [0, 0.05) is 35.8 Å². The average molecular weight is 261 g/mol. The number of aryl methyl sites for hydroxylation is 1. The molecule has 18 heavy (non-hydrogen) atoms. The highest BCUT2D eigenvalue weighted by Crippen LogP contribution is 2.21. The fourth-order valence-electron chi connectivity index (χ4n) is 2.12. The van der Waals surface area contributed by atoms with Crippen molar-refractivity contribution in [2.75, 3.05) is 7.05 Å². The van der Waals surface area contributed by atoms with Crippen molar-refractivity contribution in [3.8, 4) is 0 Å². The molecule has 1 unspecified atom stereocenters. The highest BCUT2D eigenvalue weighted by molar-refractivity contribution is 7.15. The van der Waals surface area contributed by atoms with E-state index in [4.69, 9.17) is 4.42 Å². The van der Waals surface area contributed by atoms with Crippen LogP contribution >= 0.6 is 11.3 Å². The first kappa shape index (κ1) is 11.5. The fraction of sp³-hybridized carbons (Fsp3) is 0.308. The summed E-state index contributed by atoms with van der Waals surface area (Å²) in [5.74, 6) is 0.941. The van der Waals surface area contributed by atoms with E-state index in [9.17, 15) is 0 Å². The van der Waals surface area contributed by atoms with Crippen molar-refractivity contribution in [3.05, 3.63) is 47.1 Å². The van der Waals surface area contributed by atoms with Crippen molar-refractivity contribution >= 4 is 16.3 Å². The number of hydrogen-bond donors (Lipinski definition) is 1. The Morgan fingerprint density at radius 3 is 3.11 bits per heavy atom. The molecule has 3 heterocycles. The van der Waals surface area contributed by atoms with Crippen LogP contribution in [0.5, 0.6) is 0 Å². The van der Waals surface area contributed by atoms with E-state index in [1.54, 1.807) is 11.3 Å². The summed E-state index contributed by atoms with van der Waals surface area (Å²) >= 11 is 1.66. The highest BCUT2D eigenvalue weighted by Gasteiger charge is 2.14. The minimum atomic E-state index is 0.243. The Hall–Kier alpha value is -1.59. The summed E-state index contributed by atoms with van der Waals surface area (Å²) in [6.45, 7) is 1.96. The number of fused-ring (bicyclic) bond motifs is 1. The van der Waals surface area contributed by atoms with Crippen LogP contribution in [0.3, 0.4) is 0 Å². The maximum absolute atomic E-state index is 5.37. The van der Waals surface area contributed by atoms with E-state index in [1.807, 2.05) is 31.8 Å². The van der Waals surface area contributed by atoms with Gasteiger partial charge in [-0.3, -0.25) is 4.40 Å². The Bertz CT molecular complexity index is 623. The third-order valence-electron chi connectivity index (χ3n) is 3.06. The standard InChI is InChI=1S/C13H15N3OS/c1-9-5-10(8-17-9)12(14-2)6-11-7-16-3-4-18-13(16)15-11/h3-5,7-8,12,14H,6H2,1-2H3. The first-order valence-corrected chi connectivity index (χ1v) is 6.77. The second kappa shape index (κ2) is 4.59. The van der Waals surface area contributed by atoms with Crippen LogP contribution in [0.4, 0.5) is 0 Å². The van der Waals surface area contributed by atoms with E-state index in [-0.39, 0.29) is 6.04 Å². The van der Waals surface area contributed by atoms with Crippen LogP contribution in [-0.2, 0) is 6.42 Å². The summed E-state index contributed by atoms with van der Waals surface area (Å²) in [7, 11) is 1.96. The van der Waals surface area contributed by atoms with E-state index >= 15 is 0 Å². The quantitative estimate of drug-likeness (QED) is 0.785. The van der Waals surface area contributed by atoms with E-state index < -0.39 is 0 Å². The molecule has 0 aliphatic rings. The Morgan fingerprint density at radius 1 is 1.56 bits per heavy atom. The summed E-state index contributed by atoms with van der Waals surface area (Å²) in [4.78, 5) is 5.65. The minimum Gasteiger partial charge on any atom is -0.469 e. The van der Waals surface area contributed by atoms with E-state index in [0.717, 1.165) is 22.8 Å². The normalized spacial score (nSPS) is 13.2. The number of nitrogens with zero attached hydrogens (tertiary/aromatic N) is 2. The summed E-state index contributed by atoms with van der Waals surface area (Å²) in [6, 6.07) is 2.31. The van der Waals surface area contributed by atoms with Gasteiger partial charge in [-0.1, -0.05) is 0 Å². The topological polar surface area (TPSA) is 42.5 Å².